The van der Waals surface area contributed by atoms with Gasteiger partial charge in [0.05, 0.1) is 30.5 Å². The fraction of sp³-hybridized carbons (Fsp3) is 0.308. The van der Waals surface area contributed by atoms with E-state index >= 15 is 0 Å². The predicted molar refractivity (Wildman–Crippen MR) is 70.2 cm³/mol. The van der Waals surface area contributed by atoms with Gasteiger partial charge in [0.15, 0.2) is 12.7 Å². The first-order valence-corrected chi connectivity index (χ1v) is 6.89. The number of hydrogen-bond acceptors (Lipinski definition) is 4. The van der Waals surface area contributed by atoms with Crippen LogP contribution in [-0.2, 0) is 22.1 Å². The van der Waals surface area contributed by atoms with E-state index in [0.29, 0.717) is 13.0 Å². The van der Waals surface area contributed by atoms with Crippen molar-refractivity contribution in [2.45, 2.75) is 13.0 Å². The molecule has 1 heterocycles. The van der Waals surface area contributed by atoms with Crippen LogP contribution in [0.15, 0.2) is 36.5 Å². The normalized spacial score (nSPS) is 12.5. The second kappa shape index (κ2) is 6.60. The molecule has 102 valence electrons. The van der Waals surface area contributed by atoms with E-state index in [1.54, 1.807) is 7.11 Å². The first-order chi connectivity index (χ1) is 9.20. The average molecular weight is 281 g/mol. The van der Waals surface area contributed by atoms with Gasteiger partial charge >= 0.3 is 0 Å². The minimum absolute atomic E-state index is 0.190. The van der Waals surface area contributed by atoms with Crippen molar-refractivity contribution in [2.24, 2.45) is 0 Å². The Bertz CT molecular complexity index is 588. The zero-order valence-corrected chi connectivity index (χ0v) is 11.4. The number of nitrogens with zero attached hydrogens (tertiary/aromatic N) is 1. The van der Waals surface area contributed by atoms with Gasteiger partial charge in [0, 0.05) is 18.6 Å². The second-order valence-corrected chi connectivity index (χ2v) is 4.65. The molecule has 19 heavy (non-hydrogen) atoms. The van der Waals surface area contributed by atoms with Crippen molar-refractivity contribution in [2.75, 3.05) is 13.7 Å². The zero-order chi connectivity index (χ0) is 13.7. The van der Waals surface area contributed by atoms with Crippen LogP contribution in [0.3, 0.4) is 0 Å². The van der Waals surface area contributed by atoms with Crippen molar-refractivity contribution in [3.05, 3.63) is 36.5 Å². The van der Waals surface area contributed by atoms with E-state index < -0.39 is 11.4 Å². The Morgan fingerprint density at radius 2 is 2.21 bits per heavy atom. The van der Waals surface area contributed by atoms with Gasteiger partial charge in [-0.2, -0.15) is 4.57 Å². The molecule has 6 heteroatoms. The van der Waals surface area contributed by atoms with Crippen LogP contribution in [-0.4, -0.2) is 22.5 Å². The standard InChI is InChI=1S/C13H15NO4S/c1-17-12-5-6-13-11(10-12)4-2-7-14(13)8-3-9-18-19(15)16/h2,4-7,10H,3,8-9H2,1H3. The quantitative estimate of drug-likeness (QED) is 0.455. The summed E-state index contributed by atoms with van der Waals surface area (Å²) < 4.78 is 32.2. The van der Waals surface area contributed by atoms with E-state index in [4.69, 9.17) is 4.74 Å². The number of methoxy groups -OCH3 is 1. The molecule has 0 spiro atoms. The number of benzene rings is 1. The second-order valence-electron chi connectivity index (χ2n) is 4.01. The summed E-state index contributed by atoms with van der Waals surface area (Å²) in [5.74, 6) is 0.815. The maximum absolute atomic E-state index is 10.3. The number of aromatic nitrogens is 1. The molecule has 1 aromatic carbocycles. The van der Waals surface area contributed by atoms with Crippen LogP contribution < -0.4 is 9.30 Å². The van der Waals surface area contributed by atoms with Crippen LogP contribution in [0, 0.1) is 0 Å². The minimum Gasteiger partial charge on any atom is -0.750 e. The lowest BCUT2D eigenvalue weighted by Gasteiger charge is -2.05. The highest BCUT2D eigenvalue weighted by Crippen LogP contribution is 2.17. The number of aryl methyl sites for hydroxylation is 1. The molecular formula is C13H15NO4S. The van der Waals surface area contributed by atoms with Gasteiger partial charge in [-0.25, -0.2) is 4.21 Å². The van der Waals surface area contributed by atoms with Crippen LogP contribution in [0.4, 0.5) is 0 Å². The van der Waals surface area contributed by atoms with Crippen LogP contribution in [0.1, 0.15) is 6.42 Å². The van der Waals surface area contributed by atoms with Crippen molar-refractivity contribution in [3.63, 3.8) is 0 Å². The lowest BCUT2D eigenvalue weighted by Crippen LogP contribution is -2.34. The van der Waals surface area contributed by atoms with Crippen LogP contribution in [0.2, 0.25) is 0 Å². The van der Waals surface area contributed by atoms with Gasteiger partial charge in [0.25, 0.3) is 0 Å². The summed E-state index contributed by atoms with van der Waals surface area (Å²) in [6, 6.07) is 9.82. The summed E-state index contributed by atoms with van der Waals surface area (Å²) >= 11 is -2.43. The van der Waals surface area contributed by atoms with E-state index in [9.17, 15) is 8.76 Å². The zero-order valence-electron chi connectivity index (χ0n) is 10.6. The average Bonchev–Trinajstić information content (AvgIpc) is 2.42. The lowest BCUT2D eigenvalue weighted by atomic mass is 10.2. The van der Waals surface area contributed by atoms with Crippen molar-refractivity contribution in [3.8, 4) is 5.75 Å². The van der Waals surface area contributed by atoms with Gasteiger partial charge in [0.1, 0.15) is 5.75 Å². The SMILES string of the molecule is COc1ccc2c(ccc[n+]2CCCOS(=O)[O-])c1. The Labute approximate surface area is 114 Å². The molecule has 0 bridgehead atoms. The maximum atomic E-state index is 10.3. The molecule has 1 unspecified atom stereocenters. The third-order valence-electron chi connectivity index (χ3n) is 2.81. The molecular weight excluding hydrogens is 266 g/mol. The van der Waals surface area contributed by atoms with E-state index in [0.717, 1.165) is 16.7 Å². The van der Waals surface area contributed by atoms with Gasteiger partial charge in [-0.3, -0.25) is 0 Å². The molecule has 2 rings (SSSR count). The summed E-state index contributed by atoms with van der Waals surface area (Å²) in [5.41, 5.74) is 1.08. The largest absolute Gasteiger partial charge is 0.750 e. The highest BCUT2D eigenvalue weighted by atomic mass is 32.2. The van der Waals surface area contributed by atoms with E-state index in [1.165, 1.54) is 0 Å². The minimum atomic E-state index is -2.43. The van der Waals surface area contributed by atoms with Crippen molar-refractivity contribution in [1.29, 1.82) is 0 Å². The molecule has 0 amide bonds. The monoisotopic (exact) mass is 281 g/mol. The third-order valence-corrected chi connectivity index (χ3v) is 3.17. The molecule has 0 aliphatic rings. The molecule has 0 saturated carbocycles. The number of pyridine rings is 1. The molecule has 0 saturated heterocycles. The Kier molecular flexibility index (Phi) is 4.84. The fourth-order valence-corrected chi connectivity index (χ4v) is 2.20. The van der Waals surface area contributed by atoms with Crippen molar-refractivity contribution < 1.29 is 22.2 Å². The molecule has 0 N–H and O–H groups in total. The van der Waals surface area contributed by atoms with Crippen molar-refractivity contribution in [1.82, 2.24) is 0 Å². The maximum Gasteiger partial charge on any atom is 0.212 e. The highest BCUT2D eigenvalue weighted by Gasteiger charge is 2.08. The number of fused-ring (bicyclic) bond motifs is 1. The van der Waals surface area contributed by atoms with Crippen LogP contribution >= 0.6 is 0 Å². The lowest BCUT2D eigenvalue weighted by molar-refractivity contribution is -0.671. The molecule has 0 fully saturated rings. The summed E-state index contributed by atoms with van der Waals surface area (Å²) in [6.07, 6.45) is 2.59. The Hall–Kier alpha value is -1.50. The van der Waals surface area contributed by atoms with Gasteiger partial charge in [0.2, 0.25) is 5.52 Å². The summed E-state index contributed by atoms with van der Waals surface area (Å²) in [6.45, 7) is 0.885. The van der Waals surface area contributed by atoms with Gasteiger partial charge < -0.3 is 13.5 Å². The van der Waals surface area contributed by atoms with E-state index in [1.807, 2.05) is 36.5 Å². The fourth-order valence-electron chi connectivity index (χ4n) is 1.94. The topological polar surface area (TPSA) is 62.5 Å². The summed E-state index contributed by atoms with van der Waals surface area (Å²) in [5, 5.41) is 1.08. The summed E-state index contributed by atoms with van der Waals surface area (Å²) in [7, 11) is 1.64. The Balaban J connectivity index is 2.12. The molecule has 5 nitrogen and oxygen atoms in total. The predicted octanol–water partition coefficient (Wildman–Crippen LogP) is 1.34. The number of ether oxygens (including phenoxy) is 1. The van der Waals surface area contributed by atoms with Gasteiger partial charge in [-0.15, -0.1) is 0 Å². The van der Waals surface area contributed by atoms with E-state index in [-0.39, 0.29) is 6.61 Å². The molecule has 0 aliphatic heterocycles. The molecule has 1 aromatic heterocycles. The Morgan fingerprint density at radius 3 is 2.95 bits per heavy atom. The van der Waals surface area contributed by atoms with Crippen LogP contribution in [0.25, 0.3) is 10.9 Å². The molecule has 0 aliphatic carbocycles. The summed E-state index contributed by atoms with van der Waals surface area (Å²) in [4.78, 5) is 0. The number of hydrogen-bond donors (Lipinski definition) is 0. The van der Waals surface area contributed by atoms with Crippen molar-refractivity contribution >= 4 is 22.3 Å². The number of rotatable bonds is 6. The van der Waals surface area contributed by atoms with E-state index in [2.05, 4.69) is 8.75 Å². The van der Waals surface area contributed by atoms with Crippen LogP contribution in [0.5, 0.6) is 5.75 Å². The first kappa shape index (κ1) is 13.9. The molecule has 2 aromatic rings. The van der Waals surface area contributed by atoms with Gasteiger partial charge in [-0.1, -0.05) is 0 Å². The first-order valence-electron chi connectivity index (χ1n) is 5.89. The smallest absolute Gasteiger partial charge is 0.212 e. The third kappa shape index (κ3) is 3.73. The van der Waals surface area contributed by atoms with Gasteiger partial charge in [-0.05, 0) is 18.2 Å². The Morgan fingerprint density at radius 1 is 1.37 bits per heavy atom. The molecule has 0 radical (unpaired) electrons. The highest BCUT2D eigenvalue weighted by molar-refractivity contribution is 7.74. The molecule has 1 atom stereocenters.